The molecule has 2 fully saturated rings. The number of carbonyl (C=O) groups is 1. The van der Waals surface area contributed by atoms with Gasteiger partial charge in [-0.15, -0.1) is 0 Å². The fourth-order valence-corrected chi connectivity index (χ4v) is 6.04. The number of thiazole rings is 1. The molecule has 0 N–H and O–H groups in total. The molecule has 0 saturated carbocycles. The summed E-state index contributed by atoms with van der Waals surface area (Å²) in [6, 6.07) is 5.99. The monoisotopic (exact) mass is 452 g/mol. The predicted octanol–water partition coefficient (Wildman–Crippen LogP) is 2.02. The van der Waals surface area contributed by atoms with Gasteiger partial charge in [-0.25, -0.2) is 17.7 Å². The number of sulfonamides is 1. The summed E-state index contributed by atoms with van der Waals surface area (Å²) in [5.41, 5.74) is 0.899. The van der Waals surface area contributed by atoms with Crippen LogP contribution in [0.25, 0.3) is 10.2 Å². The molecule has 30 heavy (non-hydrogen) atoms. The molecule has 8 nitrogen and oxygen atoms in total. The predicted molar refractivity (Wildman–Crippen MR) is 119 cm³/mol. The molecule has 2 aliphatic heterocycles. The molecule has 2 aliphatic rings. The third-order valence-corrected chi connectivity index (χ3v) is 8.19. The zero-order valence-corrected chi connectivity index (χ0v) is 19.0. The van der Waals surface area contributed by atoms with Crippen LogP contribution in [0.1, 0.15) is 19.8 Å². The Kier molecular flexibility index (Phi) is 6.17. The highest BCUT2D eigenvalue weighted by atomic mass is 32.2. The lowest BCUT2D eigenvalue weighted by Crippen LogP contribution is -2.52. The van der Waals surface area contributed by atoms with Crippen molar-refractivity contribution in [1.82, 2.24) is 14.2 Å². The molecule has 10 heteroatoms. The van der Waals surface area contributed by atoms with Gasteiger partial charge in [-0.05, 0) is 31.9 Å². The molecule has 2 aromatic rings. The quantitative estimate of drug-likeness (QED) is 0.690. The van der Waals surface area contributed by atoms with Gasteiger partial charge in [0.1, 0.15) is 11.3 Å². The summed E-state index contributed by atoms with van der Waals surface area (Å²) in [6.07, 6.45) is 2.43. The summed E-state index contributed by atoms with van der Waals surface area (Å²) in [6.45, 7) is 6.27. The van der Waals surface area contributed by atoms with Crippen LogP contribution in [-0.4, -0.2) is 80.6 Å². The van der Waals surface area contributed by atoms with Crippen molar-refractivity contribution in [2.24, 2.45) is 5.92 Å². The highest BCUT2D eigenvalue weighted by molar-refractivity contribution is 7.88. The van der Waals surface area contributed by atoms with E-state index in [1.54, 1.807) is 11.3 Å². The van der Waals surface area contributed by atoms with E-state index in [0.29, 0.717) is 45.6 Å². The number of ether oxygens (including phenoxy) is 1. The Bertz CT molecular complexity index is 1010. The number of hydrogen-bond donors (Lipinski definition) is 0. The van der Waals surface area contributed by atoms with Gasteiger partial charge in [0.25, 0.3) is 0 Å². The van der Waals surface area contributed by atoms with Crippen LogP contribution in [0.15, 0.2) is 18.2 Å². The number of amides is 1. The Morgan fingerprint density at radius 3 is 2.50 bits per heavy atom. The zero-order chi connectivity index (χ0) is 21.3. The molecule has 2 saturated heterocycles. The number of piperazine rings is 1. The van der Waals surface area contributed by atoms with Crippen LogP contribution in [0, 0.1) is 5.92 Å². The maximum Gasteiger partial charge on any atom is 0.225 e. The lowest BCUT2D eigenvalue weighted by atomic mass is 9.96. The molecule has 1 amide bonds. The van der Waals surface area contributed by atoms with Crippen LogP contribution in [0.4, 0.5) is 5.13 Å². The number of benzene rings is 1. The maximum absolute atomic E-state index is 12.9. The molecule has 0 bridgehead atoms. The Morgan fingerprint density at radius 1 is 1.17 bits per heavy atom. The highest BCUT2D eigenvalue weighted by Crippen LogP contribution is 2.34. The van der Waals surface area contributed by atoms with E-state index in [4.69, 9.17) is 9.72 Å². The molecule has 0 radical (unpaired) electrons. The van der Waals surface area contributed by atoms with Crippen molar-refractivity contribution < 1.29 is 17.9 Å². The Labute approximate surface area is 181 Å². The van der Waals surface area contributed by atoms with E-state index < -0.39 is 10.0 Å². The van der Waals surface area contributed by atoms with Crippen molar-refractivity contribution in [3.05, 3.63) is 18.2 Å². The maximum atomic E-state index is 12.9. The van der Waals surface area contributed by atoms with E-state index in [1.165, 1.54) is 10.6 Å². The van der Waals surface area contributed by atoms with E-state index >= 15 is 0 Å². The van der Waals surface area contributed by atoms with Gasteiger partial charge >= 0.3 is 0 Å². The Balaban J connectivity index is 1.36. The van der Waals surface area contributed by atoms with E-state index in [2.05, 4.69) is 11.0 Å². The lowest BCUT2D eigenvalue weighted by Gasteiger charge is -2.38. The summed E-state index contributed by atoms with van der Waals surface area (Å²) in [5, 5.41) is 0.964. The molecule has 0 aliphatic carbocycles. The number of carbonyl (C=O) groups excluding carboxylic acids is 1. The standard InChI is InChI=1S/C20H28N4O4S2/c1-3-28-16-5-4-6-17-18(16)21-20(29-17)23-13-11-22(12-14-23)19(25)15-7-9-24(10-8-15)30(2,26)27/h4-6,15H,3,7-14H2,1-2H3. The van der Waals surface area contributed by atoms with Crippen LogP contribution in [0.5, 0.6) is 5.75 Å². The van der Waals surface area contributed by atoms with Crippen LogP contribution in [-0.2, 0) is 14.8 Å². The first kappa shape index (κ1) is 21.3. The van der Waals surface area contributed by atoms with Crippen molar-refractivity contribution in [1.29, 1.82) is 0 Å². The minimum absolute atomic E-state index is 0.0780. The minimum Gasteiger partial charge on any atom is -0.492 e. The van der Waals surface area contributed by atoms with Gasteiger partial charge in [-0.3, -0.25) is 4.79 Å². The van der Waals surface area contributed by atoms with Crippen molar-refractivity contribution in [2.45, 2.75) is 19.8 Å². The molecular weight excluding hydrogens is 424 g/mol. The first-order chi connectivity index (χ1) is 14.4. The molecule has 3 heterocycles. The average Bonchev–Trinajstić information content (AvgIpc) is 3.18. The summed E-state index contributed by atoms with van der Waals surface area (Å²) in [7, 11) is -3.17. The summed E-state index contributed by atoms with van der Waals surface area (Å²) in [5.74, 6) is 0.892. The third kappa shape index (κ3) is 4.40. The number of rotatable bonds is 5. The molecule has 0 atom stereocenters. The number of fused-ring (bicyclic) bond motifs is 1. The van der Waals surface area contributed by atoms with Crippen molar-refractivity contribution >= 4 is 42.6 Å². The summed E-state index contributed by atoms with van der Waals surface area (Å²) in [4.78, 5) is 21.9. The van der Waals surface area contributed by atoms with Gasteiger partial charge in [0, 0.05) is 45.2 Å². The molecule has 0 spiro atoms. The van der Waals surface area contributed by atoms with Gasteiger partial charge < -0.3 is 14.5 Å². The average molecular weight is 453 g/mol. The molecule has 4 rings (SSSR count). The lowest BCUT2D eigenvalue weighted by molar-refractivity contribution is -0.137. The van der Waals surface area contributed by atoms with Gasteiger partial charge in [0.2, 0.25) is 15.9 Å². The van der Waals surface area contributed by atoms with Gasteiger partial charge in [-0.1, -0.05) is 17.4 Å². The first-order valence-corrected chi connectivity index (χ1v) is 13.0. The number of para-hydroxylation sites is 1. The Hall–Kier alpha value is -1.91. The van der Waals surface area contributed by atoms with Crippen molar-refractivity contribution in [2.75, 3.05) is 57.0 Å². The van der Waals surface area contributed by atoms with Crippen molar-refractivity contribution in [3.8, 4) is 5.75 Å². The number of aromatic nitrogens is 1. The Morgan fingerprint density at radius 2 is 1.87 bits per heavy atom. The fraction of sp³-hybridized carbons (Fsp3) is 0.600. The second-order valence-corrected chi connectivity index (χ2v) is 10.8. The topological polar surface area (TPSA) is 83.0 Å². The van der Waals surface area contributed by atoms with Crippen LogP contribution >= 0.6 is 11.3 Å². The second-order valence-electron chi connectivity index (χ2n) is 7.78. The fourth-order valence-electron chi connectivity index (χ4n) is 4.13. The largest absolute Gasteiger partial charge is 0.492 e. The SMILES string of the molecule is CCOc1cccc2sc(N3CCN(C(=O)C4CCN(S(C)(=O)=O)CC4)CC3)nc12. The molecule has 164 valence electrons. The zero-order valence-electron chi connectivity index (χ0n) is 17.4. The molecular formula is C20H28N4O4S2. The van der Waals surface area contributed by atoms with Crippen molar-refractivity contribution in [3.63, 3.8) is 0 Å². The van der Waals surface area contributed by atoms with Gasteiger partial charge in [0.05, 0.1) is 17.6 Å². The molecule has 1 aromatic heterocycles. The van der Waals surface area contributed by atoms with Crippen LogP contribution in [0.3, 0.4) is 0 Å². The summed E-state index contributed by atoms with van der Waals surface area (Å²) >= 11 is 1.65. The van der Waals surface area contributed by atoms with E-state index in [-0.39, 0.29) is 11.8 Å². The third-order valence-electron chi connectivity index (χ3n) is 5.80. The van der Waals surface area contributed by atoms with E-state index in [9.17, 15) is 13.2 Å². The minimum atomic E-state index is -3.17. The number of piperidine rings is 1. The highest BCUT2D eigenvalue weighted by Gasteiger charge is 2.33. The number of nitrogens with zero attached hydrogens (tertiary/aromatic N) is 4. The van der Waals surface area contributed by atoms with E-state index in [1.807, 2.05) is 24.0 Å². The van der Waals surface area contributed by atoms with Crippen LogP contribution in [0.2, 0.25) is 0 Å². The smallest absolute Gasteiger partial charge is 0.225 e. The van der Waals surface area contributed by atoms with E-state index in [0.717, 1.165) is 34.2 Å². The normalized spacial score (nSPS) is 19.4. The summed E-state index contributed by atoms with van der Waals surface area (Å²) < 4.78 is 31.6. The van der Waals surface area contributed by atoms with Crippen LogP contribution < -0.4 is 9.64 Å². The number of anilines is 1. The van der Waals surface area contributed by atoms with Gasteiger partial charge in [0.15, 0.2) is 5.13 Å². The number of hydrogen-bond acceptors (Lipinski definition) is 7. The molecule has 0 unspecified atom stereocenters. The first-order valence-electron chi connectivity index (χ1n) is 10.4. The molecule has 1 aromatic carbocycles. The van der Waals surface area contributed by atoms with Gasteiger partial charge in [-0.2, -0.15) is 0 Å². The second kappa shape index (κ2) is 8.68.